The normalized spacial score (nSPS) is 11.8. The van der Waals surface area contributed by atoms with Crippen LogP contribution < -0.4 is 9.44 Å². The molecule has 0 radical (unpaired) electrons. The van der Waals surface area contributed by atoms with Crippen LogP contribution in [-0.2, 0) is 20.0 Å². The van der Waals surface area contributed by atoms with Crippen LogP contribution in [0.4, 0.5) is 11.5 Å². The Balaban J connectivity index is 2.01. The molecule has 0 spiro atoms. The van der Waals surface area contributed by atoms with Crippen molar-refractivity contribution < 1.29 is 21.6 Å². The van der Waals surface area contributed by atoms with Gasteiger partial charge in [-0.1, -0.05) is 23.2 Å². The first-order valence-corrected chi connectivity index (χ1v) is 12.9. The zero-order valence-corrected chi connectivity index (χ0v) is 19.8. The van der Waals surface area contributed by atoms with Gasteiger partial charge in [0, 0.05) is 23.0 Å². The first kappa shape index (κ1) is 23.9. The summed E-state index contributed by atoms with van der Waals surface area (Å²) in [6.07, 6.45) is 3.36. The SMILES string of the molecule is Cc1cc(S(=O)(=O)Nc2cc(Cl)cnc2C(=O)c2ccnc(NS(C)(=O)=O)c2)ccc1Cl. The van der Waals surface area contributed by atoms with Gasteiger partial charge in [-0.05, 0) is 48.9 Å². The molecule has 3 aromatic rings. The molecule has 2 aromatic heterocycles. The highest BCUT2D eigenvalue weighted by Gasteiger charge is 2.22. The molecule has 0 aliphatic rings. The molecule has 13 heteroatoms. The van der Waals surface area contributed by atoms with E-state index >= 15 is 0 Å². The number of ketones is 1. The maximum atomic E-state index is 13.1. The highest BCUT2D eigenvalue weighted by molar-refractivity contribution is 7.92. The second-order valence-corrected chi connectivity index (χ2v) is 11.0. The van der Waals surface area contributed by atoms with Crippen molar-refractivity contribution in [1.82, 2.24) is 9.97 Å². The van der Waals surface area contributed by atoms with Gasteiger partial charge in [-0.15, -0.1) is 0 Å². The summed E-state index contributed by atoms with van der Waals surface area (Å²) < 4.78 is 53.1. The van der Waals surface area contributed by atoms with Crippen LogP contribution in [0.15, 0.2) is 53.7 Å². The molecule has 0 bridgehead atoms. The molecular weight excluding hydrogens is 499 g/mol. The first-order valence-electron chi connectivity index (χ1n) is 8.79. The van der Waals surface area contributed by atoms with Gasteiger partial charge < -0.3 is 0 Å². The summed E-state index contributed by atoms with van der Waals surface area (Å²) in [5, 5.41) is 0.501. The average Bonchev–Trinajstić information content (AvgIpc) is 2.68. The summed E-state index contributed by atoms with van der Waals surface area (Å²) in [5.41, 5.74) is 0.200. The molecule has 0 aliphatic carbocycles. The van der Waals surface area contributed by atoms with Crippen LogP contribution >= 0.6 is 23.2 Å². The van der Waals surface area contributed by atoms with Gasteiger partial charge in [-0.2, -0.15) is 0 Å². The molecule has 9 nitrogen and oxygen atoms in total. The van der Waals surface area contributed by atoms with Crippen LogP contribution in [0.3, 0.4) is 0 Å². The van der Waals surface area contributed by atoms with E-state index in [4.69, 9.17) is 23.2 Å². The van der Waals surface area contributed by atoms with Crippen LogP contribution in [0.1, 0.15) is 21.6 Å². The topological polar surface area (TPSA) is 135 Å². The Morgan fingerprint density at radius 1 is 0.969 bits per heavy atom. The van der Waals surface area contributed by atoms with Crippen molar-refractivity contribution in [3.05, 3.63) is 75.7 Å². The van der Waals surface area contributed by atoms with Crippen LogP contribution in [0, 0.1) is 6.92 Å². The van der Waals surface area contributed by atoms with E-state index in [0.29, 0.717) is 10.6 Å². The number of hydrogen-bond acceptors (Lipinski definition) is 7. The van der Waals surface area contributed by atoms with E-state index in [0.717, 1.165) is 6.26 Å². The number of sulfonamides is 2. The van der Waals surface area contributed by atoms with E-state index in [-0.39, 0.29) is 32.7 Å². The lowest BCUT2D eigenvalue weighted by molar-refractivity contribution is 0.103. The molecule has 1 aromatic carbocycles. The number of hydrogen-bond donors (Lipinski definition) is 2. The fraction of sp³-hybridized carbons (Fsp3) is 0.105. The van der Waals surface area contributed by atoms with Crippen molar-refractivity contribution in [2.45, 2.75) is 11.8 Å². The summed E-state index contributed by atoms with van der Waals surface area (Å²) in [6.45, 7) is 1.66. The highest BCUT2D eigenvalue weighted by Crippen LogP contribution is 2.26. The van der Waals surface area contributed by atoms with E-state index in [9.17, 15) is 21.6 Å². The quantitative estimate of drug-likeness (QED) is 0.460. The van der Waals surface area contributed by atoms with Crippen molar-refractivity contribution in [2.75, 3.05) is 15.7 Å². The van der Waals surface area contributed by atoms with Crippen molar-refractivity contribution in [3.8, 4) is 0 Å². The van der Waals surface area contributed by atoms with Gasteiger partial charge in [0.15, 0.2) is 0 Å². The van der Waals surface area contributed by atoms with E-state index < -0.39 is 25.8 Å². The number of anilines is 2. The second kappa shape index (κ2) is 9.02. The summed E-state index contributed by atoms with van der Waals surface area (Å²) in [6, 6.07) is 7.95. The molecule has 2 heterocycles. The van der Waals surface area contributed by atoms with E-state index in [2.05, 4.69) is 19.4 Å². The van der Waals surface area contributed by atoms with Gasteiger partial charge in [-0.25, -0.2) is 26.8 Å². The number of rotatable bonds is 7. The maximum Gasteiger partial charge on any atom is 0.261 e. The Morgan fingerprint density at radius 2 is 1.69 bits per heavy atom. The molecule has 168 valence electrons. The predicted molar refractivity (Wildman–Crippen MR) is 122 cm³/mol. The number of carbonyl (C=O) groups is 1. The van der Waals surface area contributed by atoms with Crippen LogP contribution in [0.5, 0.6) is 0 Å². The van der Waals surface area contributed by atoms with E-state index in [1.807, 2.05) is 0 Å². The number of nitrogens with one attached hydrogen (secondary N) is 2. The molecule has 2 N–H and O–H groups in total. The third-order valence-electron chi connectivity index (χ3n) is 4.07. The van der Waals surface area contributed by atoms with Gasteiger partial charge in [0.05, 0.1) is 21.9 Å². The van der Waals surface area contributed by atoms with Crippen molar-refractivity contribution >= 4 is 60.5 Å². The van der Waals surface area contributed by atoms with Gasteiger partial charge in [-0.3, -0.25) is 14.2 Å². The largest absolute Gasteiger partial charge is 0.287 e. The molecule has 0 saturated heterocycles. The molecule has 0 saturated carbocycles. The predicted octanol–water partition coefficient (Wildman–Crippen LogP) is 3.50. The smallest absolute Gasteiger partial charge is 0.261 e. The number of aryl methyl sites for hydroxylation is 1. The minimum absolute atomic E-state index is 0.0313. The van der Waals surface area contributed by atoms with E-state index in [1.165, 1.54) is 48.8 Å². The summed E-state index contributed by atoms with van der Waals surface area (Å²) in [5.74, 6) is -0.753. The number of carbonyl (C=O) groups excluding carboxylic acids is 1. The Hall–Kier alpha value is -2.73. The lowest BCUT2D eigenvalue weighted by Gasteiger charge is -2.13. The number of benzene rings is 1. The van der Waals surface area contributed by atoms with E-state index in [1.54, 1.807) is 6.92 Å². The van der Waals surface area contributed by atoms with Crippen molar-refractivity contribution in [1.29, 1.82) is 0 Å². The monoisotopic (exact) mass is 514 g/mol. The van der Waals surface area contributed by atoms with Gasteiger partial charge >= 0.3 is 0 Å². The lowest BCUT2D eigenvalue weighted by atomic mass is 10.1. The molecular formula is C19H16Cl2N4O5S2. The number of pyridine rings is 2. The zero-order valence-electron chi connectivity index (χ0n) is 16.6. The summed E-state index contributed by atoms with van der Waals surface area (Å²) in [7, 11) is -7.72. The fourth-order valence-electron chi connectivity index (χ4n) is 2.64. The van der Waals surface area contributed by atoms with Crippen LogP contribution in [0.25, 0.3) is 0 Å². The number of halogens is 2. The summed E-state index contributed by atoms with van der Waals surface area (Å²) in [4.78, 5) is 20.8. The van der Waals surface area contributed by atoms with Crippen LogP contribution in [-0.4, -0.2) is 38.8 Å². The lowest BCUT2D eigenvalue weighted by Crippen LogP contribution is -2.17. The Morgan fingerprint density at radius 3 is 2.34 bits per heavy atom. The van der Waals surface area contributed by atoms with Gasteiger partial charge in [0.2, 0.25) is 15.8 Å². The Bertz CT molecular complexity index is 1430. The second-order valence-electron chi connectivity index (χ2n) is 6.70. The van der Waals surface area contributed by atoms with Gasteiger partial charge in [0.25, 0.3) is 10.0 Å². The molecule has 32 heavy (non-hydrogen) atoms. The third kappa shape index (κ3) is 5.74. The Kier molecular flexibility index (Phi) is 6.75. The minimum atomic E-state index is -4.10. The fourth-order valence-corrected chi connectivity index (χ4v) is 4.55. The molecule has 0 aliphatic heterocycles. The van der Waals surface area contributed by atoms with Crippen LogP contribution in [0.2, 0.25) is 10.0 Å². The minimum Gasteiger partial charge on any atom is -0.287 e. The van der Waals surface area contributed by atoms with Crippen molar-refractivity contribution in [2.24, 2.45) is 0 Å². The van der Waals surface area contributed by atoms with Crippen molar-refractivity contribution in [3.63, 3.8) is 0 Å². The maximum absolute atomic E-state index is 13.1. The number of aromatic nitrogens is 2. The van der Waals surface area contributed by atoms with Gasteiger partial charge in [0.1, 0.15) is 11.5 Å². The molecule has 0 fully saturated rings. The zero-order chi connectivity index (χ0) is 23.7. The Labute approximate surface area is 194 Å². The summed E-state index contributed by atoms with van der Waals surface area (Å²) >= 11 is 11.9. The standard InChI is InChI=1S/C19H16Cl2N4O5S2/c1-11-7-14(3-4-15(11)21)32(29,30)24-16-9-13(20)10-23-18(16)19(26)12-5-6-22-17(8-12)25-31(2,27)28/h3-10,24H,1-2H3,(H,22,25). The average molecular weight is 515 g/mol. The highest BCUT2D eigenvalue weighted by atomic mass is 35.5. The molecule has 0 unspecified atom stereocenters. The molecule has 3 rings (SSSR count). The molecule has 0 amide bonds. The first-order chi connectivity index (χ1) is 14.9. The third-order valence-corrected chi connectivity index (χ3v) is 6.64. The molecule has 0 atom stereocenters. The number of nitrogens with zero attached hydrogens (tertiary/aromatic N) is 2.